The summed E-state index contributed by atoms with van der Waals surface area (Å²) in [4.78, 5) is 13.4. The van der Waals surface area contributed by atoms with E-state index in [0.29, 0.717) is 17.0 Å². The molecule has 2 aromatic carbocycles. The molecule has 24 heavy (non-hydrogen) atoms. The molecule has 0 aliphatic carbocycles. The lowest BCUT2D eigenvalue weighted by atomic mass is 10.0. The van der Waals surface area contributed by atoms with E-state index in [4.69, 9.17) is 4.74 Å². The summed E-state index contributed by atoms with van der Waals surface area (Å²) >= 11 is 0. The highest BCUT2D eigenvalue weighted by atomic mass is 19.4. The number of nitrogens with one attached hydrogen (secondary N) is 1. The molecule has 0 saturated carbocycles. The van der Waals surface area contributed by atoms with Crippen LogP contribution in [-0.2, 0) is 0 Å². The van der Waals surface area contributed by atoms with Crippen molar-refractivity contribution in [2.24, 2.45) is 0 Å². The maximum absolute atomic E-state index is 13.0. The number of ether oxygens (including phenoxy) is 1. The van der Waals surface area contributed by atoms with Crippen LogP contribution >= 0.6 is 0 Å². The summed E-state index contributed by atoms with van der Waals surface area (Å²) in [6.45, 7) is -1.35. The van der Waals surface area contributed by atoms with Gasteiger partial charge in [0.05, 0.1) is 12.7 Å². The van der Waals surface area contributed by atoms with Crippen LogP contribution in [0.25, 0.3) is 0 Å². The Kier molecular flexibility index (Phi) is 4.09. The van der Waals surface area contributed by atoms with Gasteiger partial charge in [-0.05, 0) is 18.2 Å². The number of methoxy groups -OCH3 is 1. The largest absolute Gasteiger partial charge is 0.496 e. The van der Waals surface area contributed by atoms with Crippen LogP contribution < -0.4 is 10.1 Å². The number of para-hydroxylation sites is 2. The molecular formula is C17H15F3N2O2. The van der Waals surface area contributed by atoms with Crippen LogP contribution in [0.3, 0.4) is 0 Å². The van der Waals surface area contributed by atoms with Crippen LogP contribution in [0.1, 0.15) is 22.1 Å². The number of halogens is 3. The maximum atomic E-state index is 13.0. The Morgan fingerprint density at radius 1 is 1.12 bits per heavy atom. The van der Waals surface area contributed by atoms with E-state index >= 15 is 0 Å². The molecule has 0 fully saturated rings. The van der Waals surface area contributed by atoms with Gasteiger partial charge in [0.1, 0.15) is 18.5 Å². The number of carbonyl (C=O) groups is 1. The van der Waals surface area contributed by atoms with Crippen LogP contribution in [0.5, 0.6) is 5.75 Å². The zero-order chi connectivity index (χ0) is 17.3. The van der Waals surface area contributed by atoms with Gasteiger partial charge < -0.3 is 15.0 Å². The maximum Gasteiger partial charge on any atom is 0.406 e. The first kappa shape index (κ1) is 16.2. The van der Waals surface area contributed by atoms with Crippen LogP contribution in [0.2, 0.25) is 0 Å². The average molecular weight is 336 g/mol. The zero-order valence-electron chi connectivity index (χ0n) is 12.8. The van der Waals surface area contributed by atoms with E-state index in [0.717, 1.165) is 4.90 Å². The van der Waals surface area contributed by atoms with E-state index < -0.39 is 24.8 Å². The number of nitrogens with zero attached hydrogens (tertiary/aromatic N) is 1. The molecule has 0 saturated heterocycles. The van der Waals surface area contributed by atoms with Crippen molar-refractivity contribution in [3.63, 3.8) is 0 Å². The molecule has 1 aliphatic rings. The van der Waals surface area contributed by atoms with Gasteiger partial charge in [-0.3, -0.25) is 4.79 Å². The molecule has 126 valence electrons. The lowest BCUT2D eigenvalue weighted by Gasteiger charge is -2.38. The van der Waals surface area contributed by atoms with Crippen molar-refractivity contribution in [1.29, 1.82) is 0 Å². The van der Waals surface area contributed by atoms with Gasteiger partial charge in [0.2, 0.25) is 0 Å². The molecule has 3 rings (SSSR count). The number of fused-ring (bicyclic) bond motifs is 1. The predicted molar refractivity (Wildman–Crippen MR) is 82.9 cm³/mol. The van der Waals surface area contributed by atoms with Crippen molar-refractivity contribution in [1.82, 2.24) is 4.90 Å². The number of hydrogen-bond donors (Lipinski definition) is 1. The van der Waals surface area contributed by atoms with Gasteiger partial charge in [-0.25, -0.2) is 0 Å². The third kappa shape index (κ3) is 3.02. The second-order valence-corrected chi connectivity index (χ2v) is 5.38. The first-order chi connectivity index (χ1) is 11.4. The number of benzene rings is 2. The number of hydrogen-bond acceptors (Lipinski definition) is 3. The Bertz CT molecular complexity index is 761. The highest BCUT2D eigenvalue weighted by Gasteiger charge is 2.41. The summed E-state index contributed by atoms with van der Waals surface area (Å²) in [5.41, 5.74) is 1.18. The highest BCUT2D eigenvalue weighted by molar-refractivity contribution is 6.01. The topological polar surface area (TPSA) is 41.6 Å². The Hall–Kier alpha value is -2.70. The van der Waals surface area contributed by atoms with Crippen LogP contribution in [0.15, 0.2) is 48.5 Å². The number of rotatable bonds is 3. The van der Waals surface area contributed by atoms with Crippen LogP contribution in [0.4, 0.5) is 18.9 Å². The minimum Gasteiger partial charge on any atom is -0.496 e. The molecule has 1 heterocycles. The quantitative estimate of drug-likeness (QED) is 0.926. The molecule has 1 amide bonds. The molecule has 0 bridgehead atoms. The van der Waals surface area contributed by atoms with Gasteiger partial charge in [0, 0.05) is 11.3 Å². The van der Waals surface area contributed by atoms with E-state index in [1.54, 1.807) is 42.5 Å². The first-order valence-electron chi connectivity index (χ1n) is 7.27. The number of anilines is 1. The monoisotopic (exact) mass is 336 g/mol. The van der Waals surface area contributed by atoms with Crippen LogP contribution in [-0.4, -0.2) is 30.6 Å². The molecule has 0 spiro atoms. The first-order valence-corrected chi connectivity index (χ1v) is 7.27. The van der Waals surface area contributed by atoms with Crippen molar-refractivity contribution in [2.75, 3.05) is 19.0 Å². The van der Waals surface area contributed by atoms with E-state index in [1.807, 2.05) is 0 Å². The Balaban J connectivity index is 2.09. The van der Waals surface area contributed by atoms with Crippen LogP contribution in [0, 0.1) is 0 Å². The molecular weight excluding hydrogens is 321 g/mol. The predicted octanol–water partition coefficient (Wildman–Crippen LogP) is 3.82. The molecule has 2 aromatic rings. The third-order valence-corrected chi connectivity index (χ3v) is 3.81. The second kappa shape index (κ2) is 6.07. The van der Waals surface area contributed by atoms with Crippen molar-refractivity contribution in [3.8, 4) is 5.75 Å². The van der Waals surface area contributed by atoms with E-state index in [-0.39, 0.29) is 5.56 Å². The fraction of sp³-hybridized carbons (Fsp3) is 0.235. The molecule has 0 aromatic heterocycles. The standard InChI is InChI=1S/C17H15F3N2O2/c1-24-14-9-5-3-7-12(14)15-21-13-8-4-2-6-11(13)16(23)22(15)10-17(18,19)20/h2-9,15,21H,10H2,1H3/t15-/m0/s1. The summed E-state index contributed by atoms with van der Waals surface area (Å²) in [6.07, 6.45) is -5.48. The lowest BCUT2D eigenvalue weighted by Crippen LogP contribution is -2.47. The van der Waals surface area contributed by atoms with Gasteiger partial charge in [-0.2, -0.15) is 13.2 Å². The Morgan fingerprint density at radius 2 is 1.79 bits per heavy atom. The molecule has 0 radical (unpaired) electrons. The fourth-order valence-corrected chi connectivity index (χ4v) is 2.79. The third-order valence-electron chi connectivity index (χ3n) is 3.81. The average Bonchev–Trinajstić information content (AvgIpc) is 2.56. The van der Waals surface area contributed by atoms with Gasteiger partial charge in [-0.15, -0.1) is 0 Å². The van der Waals surface area contributed by atoms with Crippen molar-refractivity contribution in [2.45, 2.75) is 12.3 Å². The minimum atomic E-state index is -4.51. The SMILES string of the molecule is COc1ccccc1[C@H]1Nc2ccccc2C(=O)N1CC(F)(F)F. The molecule has 0 unspecified atom stereocenters. The van der Waals surface area contributed by atoms with Gasteiger partial charge >= 0.3 is 6.18 Å². The number of carbonyl (C=O) groups excluding carboxylic acids is 1. The van der Waals surface area contributed by atoms with E-state index in [9.17, 15) is 18.0 Å². The summed E-state index contributed by atoms with van der Waals surface area (Å²) in [5.74, 6) is -0.257. The fourth-order valence-electron chi connectivity index (χ4n) is 2.79. The number of alkyl halides is 3. The number of amides is 1. The molecule has 1 N–H and O–H groups in total. The van der Waals surface area contributed by atoms with Gasteiger partial charge in [0.25, 0.3) is 5.91 Å². The Labute approximate surface area is 136 Å². The summed E-state index contributed by atoms with van der Waals surface area (Å²) in [5, 5.41) is 3.02. The lowest BCUT2D eigenvalue weighted by molar-refractivity contribution is -0.144. The van der Waals surface area contributed by atoms with E-state index in [1.165, 1.54) is 13.2 Å². The Morgan fingerprint density at radius 3 is 2.50 bits per heavy atom. The smallest absolute Gasteiger partial charge is 0.406 e. The molecule has 1 aliphatic heterocycles. The summed E-state index contributed by atoms with van der Waals surface area (Å²) < 4.78 is 44.3. The minimum absolute atomic E-state index is 0.216. The summed E-state index contributed by atoms with van der Waals surface area (Å²) in [7, 11) is 1.44. The van der Waals surface area contributed by atoms with Crippen molar-refractivity contribution < 1.29 is 22.7 Å². The zero-order valence-corrected chi connectivity index (χ0v) is 12.8. The van der Waals surface area contributed by atoms with Crippen molar-refractivity contribution >= 4 is 11.6 Å². The van der Waals surface area contributed by atoms with Gasteiger partial charge in [0.15, 0.2) is 0 Å². The van der Waals surface area contributed by atoms with Crippen molar-refractivity contribution in [3.05, 3.63) is 59.7 Å². The second-order valence-electron chi connectivity index (χ2n) is 5.38. The summed E-state index contributed by atoms with van der Waals surface area (Å²) in [6, 6.07) is 13.2. The van der Waals surface area contributed by atoms with Gasteiger partial charge in [-0.1, -0.05) is 30.3 Å². The highest BCUT2D eigenvalue weighted by Crippen LogP contribution is 2.38. The molecule has 4 nitrogen and oxygen atoms in total. The molecule has 7 heteroatoms. The van der Waals surface area contributed by atoms with E-state index in [2.05, 4.69) is 5.32 Å². The normalized spacial score (nSPS) is 17.2. The molecule has 1 atom stereocenters.